The third kappa shape index (κ3) is 1.39. The van der Waals surface area contributed by atoms with Crippen molar-refractivity contribution in [3.63, 3.8) is 0 Å². The van der Waals surface area contributed by atoms with Gasteiger partial charge in [-0.2, -0.15) is 0 Å². The van der Waals surface area contributed by atoms with Crippen LogP contribution in [-0.4, -0.2) is 42.3 Å². The van der Waals surface area contributed by atoms with Gasteiger partial charge in [0, 0.05) is 25.2 Å². The van der Waals surface area contributed by atoms with Crippen molar-refractivity contribution in [2.45, 2.75) is 50.0 Å². The smallest absolute Gasteiger partial charge is 0.0707 e. The van der Waals surface area contributed by atoms with Crippen molar-refractivity contribution in [1.29, 1.82) is 0 Å². The monoisotopic (exact) mass is 182 g/mol. The van der Waals surface area contributed by atoms with Crippen LogP contribution in [0.15, 0.2) is 0 Å². The van der Waals surface area contributed by atoms with E-state index in [0.29, 0.717) is 18.2 Å². The van der Waals surface area contributed by atoms with Gasteiger partial charge < -0.3 is 10.5 Å². The highest BCUT2D eigenvalue weighted by molar-refractivity contribution is 4.95. The van der Waals surface area contributed by atoms with E-state index in [9.17, 15) is 0 Å². The molecule has 1 aliphatic carbocycles. The number of nitrogens with two attached hydrogens (primary N) is 1. The van der Waals surface area contributed by atoms with Crippen LogP contribution in [0.1, 0.15) is 25.7 Å². The predicted octanol–water partition coefficient (Wildman–Crippen LogP) is 0.339. The highest BCUT2D eigenvalue weighted by Gasteiger charge is 2.39. The van der Waals surface area contributed by atoms with Crippen LogP contribution in [0.3, 0.4) is 0 Å². The third-order valence-electron chi connectivity index (χ3n) is 3.74. The fourth-order valence-electron chi connectivity index (χ4n) is 2.87. The average Bonchev–Trinajstić information content (AvgIpc) is 2.40. The Labute approximate surface area is 79.2 Å². The fourth-order valence-corrected chi connectivity index (χ4v) is 2.87. The van der Waals surface area contributed by atoms with E-state index in [-0.39, 0.29) is 0 Å². The summed E-state index contributed by atoms with van der Waals surface area (Å²) in [6.07, 6.45) is 6.05. The highest BCUT2D eigenvalue weighted by Crippen LogP contribution is 2.32. The normalized spacial score (nSPS) is 50.5. The Hall–Kier alpha value is -0.120. The zero-order valence-corrected chi connectivity index (χ0v) is 7.98. The van der Waals surface area contributed by atoms with Crippen LogP contribution < -0.4 is 5.73 Å². The van der Waals surface area contributed by atoms with Crippen molar-refractivity contribution in [2.24, 2.45) is 5.73 Å². The molecule has 2 atom stereocenters. The summed E-state index contributed by atoms with van der Waals surface area (Å²) in [6.45, 7) is 2.32. The van der Waals surface area contributed by atoms with E-state index < -0.39 is 0 Å². The first-order chi connectivity index (χ1) is 6.31. The van der Waals surface area contributed by atoms with Crippen molar-refractivity contribution in [3.05, 3.63) is 0 Å². The van der Waals surface area contributed by atoms with Gasteiger partial charge in [0.05, 0.1) is 12.2 Å². The van der Waals surface area contributed by atoms with Gasteiger partial charge in [-0.15, -0.1) is 0 Å². The molecule has 0 aromatic rings. The molecule has 2 unspecified atom stereocenters. The van der Waals surface area contributed by atoms with E-state index in [2.05, 4.69) is 4.90 Å². The Morgan fingerprint density at radius 3 is 2.23 bits per heavy atom. The fraction of sp³-hybridized carbons (Fsp3) is 1.00. The zero-order valence-electron chi connectivity index (χ0n) is 7.98. The van der Waals surface area contributed by atoms with E-state index in [1.807, 2.05) is 0 Å². The molecular weight excluding hydrogens is 164 g/mol. The van der Waals surface area contributed by atoms with E-state index >= 15 is 0 Å². The Bertz CT molecular complexity index is 191. The van der Waals surface area contributed by atoms with Gasteiger partial charge in [-0.3, -0.25) is 4.90 Å². The molecule has 1 saturated carbocycles. The molecule has 0 amide bonds. The molecule has 3 rings (SSSR count). The van der Waals surface area contributed by atoms with Crippen molar-refractivity contribution in [1.82, 2.24) is 4.90 Å². The van der Waals surface area contributed by atoms with E-state index in [1.54, 1.807) is 0 Å². The van der Waals surface area contributed by atoms with Gasteiger partial charge in [0.1, 0.15) is 0 Å². The van der Waals surface area contributed by atoms with Gasteiger partial charge in [0.15, 0.2) is 0 Å². The molecule has 3 aliphatic rings. The second-order valence-corrected chi connectivity index (χ2v) is 4.80. The number of ether oxygens (including phenoxy) is 1. The number of nitrogens with zero attached hydrogens (tertiary/aromatic N) is 1. The Morgan fingerprint density at radius 2 is 1.69 bits per heavy atom. The molecule has 2 N–H and O–H groups in total. The second-order valence-electron chi connectivity index (χ2n) is 4.80. The molecule has 0 aromatic carbocycles. The summed E-state index contributed by atoms with van der Waals surface area (Å²) >= 11 is 0. The summed E-state index contributed by atoms with van der Waals surface area (Å²) in [5, 5.41) is 0. The molecule has 0 radical (unpaired) electrons. The minimum atomic E-state index is 0.477. The largest absolute Gasteiger partial charge is 0.372 e. The number of likely N-dealkylation sites (tertiary alicyclic amines) is 1. The number of rotatable bonds is 1. The van der Waals surface area contributed by atoms with Gasteiger partial charge in [0.2, 0.25) is 0 Å². The maximum Gasteiger partial charge on any atom is 0.0707 e. The van der Waals surface area contributed by atoms with Crippen molar-refractivity contribution in [3.8, 4) is 0 Å². The van der Waals surface area contributed by atoms with Crippen LogP contribution in [0.4, 0.5) is 0 Å². The number of fused-ring (bicyclic) bond motifs is 2. The van der Waals surface area contributed by atoms with E-state index in [4.69, 9.17) is 10.5 Å². The molecule has 2 heterocycles. The first-order valence-electron chi connectivity index (χ1n) is 5.46. The van der Waals surface area contributed by atoms with Crippen LogP contribution in [0.5, 0.6) is 0 Å². The first-order valence-corrected chi connectivity index (χ1v) is 5.46. The number of hydrogen-bond acceptors (Lipinski definition) is 3. The second kappa shape index (κ2) is 2.94. The lowest BCUT2D eigenvalue weighted by Gasteiger charge is -2.44. The quantitative estimate of drug-likeness (QED) is 0.635. The molecule has 3 fully saturated rings. The summed E-state index contributed by atoms with van der Waals surface area (Å²) in [5.41, 5.74) is 5.80. The molecule has 2 aliphatic heterocycles. The molecule has 3 nitrogen and oxygen atoms in total. The zero-order chi connectivity index (χ0) is 8.84. The van der Waals surface area contributed by atoms with Crippen LogP contribution >= 0.6 is 0 Å². The molecule has 0 spiro atoms. The molecule has 0 aromatic heterocycles. The Kier molecular flexibility index (Phi) is 1.86. The Morgan fingerprint density at radius 1 is 1.08 bits per heavy atom. The number of hydrogen-bond donors (Lipinski definition) is 1. The minimum absolute atomic E-state index is 0.477. The number of morpholine rings is 1. The summed E-state index contributed by atoms with van der Waals surface area (Å²) in [7, 11) is 0. The van der Waals surface area contributed by atoms with Crippen molar-refractivity contribution >= 4 is 0 Å². The lowest BCUT2D eigenvalue weighted by Crippen LogP contribution is -2.55. The van der Waals surface area contributed by atoms with Crippen molar-refractivity contribution in [2.75, 3.05) is 13.1 Å². The van der Waals surface area contributed by atoms with Gasteiger partial charge in [-0.1, -0.05) is 0 Å². The van der Waals surface area contributed by atoms with Gasteiger partial charge in [0.25, 0.3) is 0 Å². The maximum absolute atomic E-state index is 5.80. The van der Waals surface area contributed by atoms with Crippen LogP contribution in [-0.2, 0) is 4.74 Å². The molecule has 74 valence electrons. The predicted molar refractivity (Wildman–Crippen MR) is 50.5 cm³/mol. The van der Waals surface area contributed by atoms with E-state index in [1.165, 1.54) is 25.7 Å². The summed E-state index contributed by atoms with van der Waals surface area (Å²) in [6, 6.07) is 1.26. The molecule has 13 heavy (non-hydrogen) atoms. The third-order valence-corrected chi connectivity index (χ3v) is 3.74. The lowest BCUT2D eigenvalue weighted by molar-refractivity contribution is -0.0662. The highest BCUT2D eigenvalue weighted by atomic mass is 16.5. The Balaban J connectivity index is 1.60. The molecular formula is C10H18N2O. The topological polar surface area (TPSA) is 38.5 Å². The SMILES string of the molecule is NC1CC(N2CC3CCC(C2)O3)C1. The van der Waals surface area contributed by atoms with Crippen LogP contribution in [0.2, 0.25) is 0 Å². The van der Waals surface area contributed by atoms with Crippen molar-refractivity contribution < 1.29 is 4.74 Å². The van der Waals surface area contributed by atoms with Crippen LogP contribution in [0.25, 0.3) is 0 Å². The molecule has 2 saturated heterocycles. The summed E-state index contributed by atoms with van der Waals surface area (Å²) in [4.78, 5) is 2.61. The van der Waals surface area contributed by atoms with E-state index in [0.717, 1.165) is 19.1 Å². The van der Waals surface area contributed by atoms with Gasteiger partial charge in [-0.25, -0.2) is 0 Å². The summed E-state index contributed by atoms with van der Waals surface area (Å²) < 4.78 is 5.80. The molecule has 2 bridgehead atoms. The summed E-state index contributed by atoms with van der Waals surface area (Å²) in [5.74, 6) is 0. The lowest BCUT2D eigenvalue weighted by atomic mass is 9.86. The maximum atomic E-state index is 5.80. The standard InChI is InChI=1S/C10H18N2O/c11-7-3-8(4-7)12-5-9-1-2-10(6-12)13-9/h7-10H,1-6,11H2. The average molecular weight is 182 g/mol. The van der Waals surface area contributed by atoms with Crippen LogP contribution in [0, 0.1) is 0 Å². The molecule has 3 heteroatoms. The van der Waals surface area contributed by atoms with Gasteiger partial charge >= 0.3 is 0 Å². The minimum Gasteiger partial charge on any atom is -0.372 e. The first kappa shape index (κ1) is 8.21. The van der Waals surface area contributed by atoms with Gasteiger partial charge in [-0.05, 0) is 25.7 Å².